The SMILES string of the molecule is C=CCc1ccc(Nc2ccc3c(c2)C(C)(C)C(C=C)=C3/C=C\C)cc1. The van der Waals surface area contributed by atoms with Crippen LogP contribution < -0.4 is 5.32 Å². The zero-order valence-electron chi connectivity index (χ0n) is 16.0. The molecule has 0 fully saturated rings. The molecule has 0 saturated heterocycles. The Labute approximate surface area is 157 Å². The number of fused-ring (bicyclic) bond motifs is 1. The molecule has 0 aromatic heterocycles. The van der Waals surface area contributed by atoms with Crippen LogP contribution in [0, 0.1) is 0 Å². The van der Waals surface area contributed by atoms with Gasteiger partial charge in [-0.25, -0.2) is 0 Å². The fourth-order valence-electron chi connectivity index (χ4n) is 3.77. The third-order valence-corrected chi connectivity index (χ3v) is 5.11. The molecule has 0 spiro atoms. The maximum atomic E-state index is 4.05. The van der Waals surface area contributed by atoms with E-state index in [1.54, 1.807) is 0 Å². The molecule has 0 saturated carbocycles. The molecule has 132 valence electrons. The molecule has 0 unspecified atom stereocenters. The lowest BCUT2D eigenvalue weighted by Gasteiger charge is -2.23. The van der Waals surface area contributed by atoms with Gasteiger partial charge in [-0.15, -0.1) is 6.58 Å². The van der Waals surface area contributed by atoms with Crippen molar-refractivity contribution in [3.63, 3.8) is 0 Å². The summed E-state index contributed by atoms with van der Waals surface area (Å²) in [6, 6.07) is 15.2. The number of benzene rings is 2. The molecule has 3 rings (SSSR count). The second-order valence-corrected chi connectivity index (χ2v) is 7.23. The highest BCUT2D eigenvalue weighted by Gasteiger charge is 2.35. The summed E-state index contributed by atoms with van der Waals surface area (Å²) in [7, 11) is 0. The molecule has 0 aliphatic heterocycles. The van der Waals surface area contributed by atoms with Gasteiger partial charge >= 0.3 is 0 Å². The molecule has 1 heteroatoms. The van der Waals surface area contributed by atoms with Gasteiger partial charge in [-0.3, -0.25) is 0 Å². The first-order valence-corrected chi connectivity index (χ1v) is 9.13. The third-order valence-electron chi connectivity index (χ3n) is 5.11. The van der Waals surface area contributed by atoms with E-state index in [4.69, 9.17) is 0 Å². The second kappa shape index (κ2) is 7.21. The molecule has 2 aromatic carbocycles. The number of hydrogen-bond acceptors (Lipinski definition) is 1. The van der Waals surface area contributed by atoms with Gasteiger partial charge in [0.25, 0.3) is 0 Å². The second-order valence-electron chi connectivity index (χ2n) is 7.23. The molecule has 0 heterocycles. The van der Waals surface area contributed by atoms with Crippen LogP contribution in [-0.4, -0.2) is 0 Å². The quantitative estimate of drug-likeness (QED) is 0.560. The first-order chi connectivity index (χ1) is 12.5. The molecule has 0 amide bonds. The van der Waals surface area contributed by atoms with Gasteiger partial charge in [0.1, 0.15) is 0 Å². The first-order valence-electron chi connectivity index (χ1n) is 9.13. The number of hydrogen-bond donors (Lipinski definition) is 1. The van der Waals surface area contributed by atoms with Crippen molar-refractivity contribution in [1.29, 1.82) is 0 Å². The largest absolute Gasteiger partial charge is 0.356 e. The Morgan fingerprint density at radius 1 is 1.00 bits per heavy atom. The van der Waals surface area contributed by atoms with Crippen molar-refractivity contribution in [2.24, 2.45) is 0 Å². The fourth-order valence-corrected chi connectivity index (χ4v) is 3.77. The van der Waals surface area contributed by atoms with Gasteiger partial charge in [0, 0.05) is 16.8 Å². The highest BCUT2D eigenvalue weighted by molar-refractivity contribution is 5.88. The van der Waals surface area contributed by atoms with E-state index < -0.39 is 0 Å². The van der Waals surface area contributed by atoms with Crippen LogP contribution in [0.25, 0.3) is 5.57 Å². The Morgan fingerprint density at radius 3 is 2.31 bits per heavy atom. The summed E-state index contributed by atoms with van der Waals surface area (Å²) in [5.41, 5.74) is 8.65. The normalized spacial score (nSPS) is 15.2. The minimum atomic E-state index is -0.0442. The molecule has 26 heavy (non-hydrogen) atoms. The minimum absolute atomic E-state index is 0.0442. The fraction of sp³-hybridized carbons (Fsp3) is 0.200. The van der Waals surface area contributed by atoms with Crippen LogP contribution in [0.4, 0.5) is 11.4 Å². The van der Waals surface area contributed by atoms with Gasteiger partial charge in [0.2, 0.25) is 0 Å². The average Bonchev–Trinajstić information content (AvgIpc) is 2.84. The van der Waals surface area contributed by atoms with Crippen molar-refractivity contribution in [3.8, 4) is 0 Å². The summed E-state index contributed by atoms with van der Waals surface area (Å²) in [6.45, 7) is 14.4. The standard InChI is InChI=1S/C25H27N/c1-6-9-18-11-13-19(14-12-18)26-20-15-16-22-21(10-7-2)23(8-3)25(4,5)24(22)17-20/h6-8,10-17,26H,1,3,9H2,2,4-5H3/b10-7-. The van der Waals surface area contributed by atoms with Crippen molar-refractivity contribution < 1.29 is 0 Å². The van der Waals surface area contributed by atoms with E-state index in [1.165, 1.54) is 27.8 Å². The highest BCUT2D eigenvalue weighted by atomic mass is 14.9. The topological polar surface area (TPSA) is 12.0 Å². The monoisotopic (exact) mass is 341 g/mol. The summed E-state index contributed by atoms with van der Waals surface area (Å²) < 4.78 is 0. The molecule has 1 N–H and O–H groups in total. The Kier molecular flexibility index (Phi) is 4.99. The molecule has 0 bridgehead atoms. The molecule has 1 nitrogen and oxygen atoms in total. The van der Waals surface area contributed by atoms with Crippen LogP contribution in [0.3, 0.4) is 0 Å². The highest BCUT2D eigenvalue weighted by Crippen LogP contribution is 2.48. The minimum Gasteiger partial charge on any atom is -0.356 e. The zero-order valence-corrected chi connectivity index (χ0v) is 16.0. The van der Waals surface area contributed by atoms with Crippen LogP contribution >= 0.6 is 0 Å². The van der Waals surface area contributed by atoms with Gasteiger partial charge in [-0.05, 0) is 65.4 Å². The maximum absolute atomic E-state index is 4.05. The van der Waals surface area contributed by atoms with Crippen molar-refractivity contribution in [2.45, 2.75) is 32.6 Å². The van der Waals surface area contributed by atoms with Crippen molar-refractivity contribution in [1.82, 2.24) is 0 Å². The smallest absolute Gasteiger partial charge is 0.0387 e. The zero-order chi connectivity index (χ0) is 18.7. The van der Waals surface area contributed by atoms with Crippen LogP contribution in [0.1, 0.15) is 37.5 Å². The Bertz CT molecular complexity index is 892. The Balaban J connectivity index is 1.93. The van der Waals surface area contributed by atoms with Gasteiger partial charge in [0.15, 0.2) is 0 Å². The van der Waals surface area contributed by atoms with Crippen molar-refractivity contribution in [3.05, 3.63) is 102 Å². The van der Waals surface area contributed by atoms with Gasteiger partial charge in [0.05, 0.1) is 0 Å². The van der Waals surface area contributed by atoms with Crippen molar-refractivity contribution in [2.75, 3.05) is 5.32 Å². The van der Waals surface area contributed by atoms with Gasteiger partial charge in [-0.1, -0.05) is 62.9 Å². The van der Waals surface area contributed by atoms with E-state index in [1.807, 2.05) is 12.2 Å². The molecule has 0 atom stereocenters. The Morgan fingerprint density at radius 2 is 1.69 bits per heavy atom. The van der Waals surface area contributed by atoms with E-state index in [0.29, 0.717) is 0 Å². The van der Waals surface area contributed by atoms with E-state index >= 15 is 0 Å². The average molecular weight is 341 g/mol. The van der Waals surface area contributed by atoms with Crippen LogP contribution in [0.2, 0.25) is 0 Å². The van der Waals surface area contributed by atoms with E-state index in [0.717, 1.165) is 17.8 Å². The third kappa shape index (κ3) is 3.17. The Hall–Kier alpha value is -2.80. The van der Waals surface area contributed by atoms with Crippen LogP contribution in [0.5, 0.6) is 0 Å². The van der Waals surface area contributed by atoms with E-state index in [2.05, 4.69) is 93.9 Å². The first kappa shape index (κ1) is 18.0. The predicted octanol–water partition coefficient (Wildman–Crippen LogP) is 6.97. The summed E-state index contributed by atoms with van der Waals surface area (Å²) in [5, 5.41) is 3.53. The number of rotatable bonds is 6. The number of nitrogens with one attached hydrogen (secondary N) is 1. The molecular weight excluding hydrogens is 314 g/mol. The lowest BCUT2D eigenvalue weighted by Crippen LogP contribution is -2.16. The molecule has 0 radical (unpaired) electrons. The van der Waals surface area contributed by atoms with E-state index in [9.17, 15) is 0 Å². The summed E-state index contributed by atoms with van der Waals surface area (Å²) in [4.78, 5) is 0. The lowest BCUT2D eigenvalue weighted by atomic mass is 9.81. The van der Waals surface area contributed by atoms with Gasteiger partial charge < -0.3 is 5.32 Å². The van der Waals surface area contributed by atoms with E-state index in [-0.39, 0.29) is 5.41 Å². The summed E-state index contributed by atoms with van der Waals surface area (Å²) >= 11 is 0. The molecule has 1 aliphatic carbocycles. The summed E-state index contributed by atoms with van der Waals surface area (Å²) in [5.74, 6) is 0. The summed E-state index contributed by atoms with van der Waals surface area (Å²) in [6.07, 6.45) is 9.12. The van der Waals surface area contributed by atoms with Crippen LogP contribution in [0.15, 0.2) is 85.5 Å². The van der Waals surface area contributed by atoms with Crippen molar-refractivity contribution >= 4 is 16.9 Å². The van der Waals surface area contributed by atoms with Gasteiger partial charge in [-0.2, -0.15) is 0 Å². The predicted molar refractivity (Wildman–Crippen MR) is 115 cm³/mol. The molecule has 2 aromatic rings. The number of anilines is 2. The van der Waals surface area contributed by atoms with Crippen LogP contribution in [-0.2, 0) is 11.8 Å². The molecular formula is C25H27N. The number of allylic oxidation sites excluding steroid dienone is 6. The maximum Gasteiger partial charge on any atom is 0.0387 e. The lowest BCUT2D eigenvalue weighted by molar-refractivity contribution is 0.655. The molecule has 1 aliphatic rings.